The molecule has 1 aliphatic rings. The Balaban J connectivity index is 0.000000219. The van der Waals surface area contributed by atoms with Gasteiger partial charge in [0, 0.05) is 69.4 Å². The maximum absolute atomic E-state index is 14.1. The summed E-state index contributed by atoms with van der Waals surface area (Å²) in [5.41, 5.74) is 13.3. The third-order valence-corrected chi connectivity index (χ3v) is 19.5. The van der Waals surface area contributed by atoms with Crippen molar-refractivity contribution in [3.8, 4) is 57.5 Å². The van der Waals surface area contributed by atoms with Crippen molar-refractivity contribution in [1.82, 2.24) is 0 Å². The van der Waals surface area contributed by atoms with E-state index in [4.69, 9.17) is 81.8 Å². The zero-order valence-electron chi connectivity index (χ0n) is 75.6. The largest absolute Gasteiger partial charge is 1.00 e. The molecule has 12 aromatic carbocycles. The van der Waals surface area contributed by atoms with E-state index >= 15 is 0 Å². The van der Waals surface area contributed by atoms with Crippen LogP contribution in [0.15, 0.2) is 323 Å². The average Bonchev–Trinajstić information content (AvgIpc) is 1.67. The molecule has 1 aliphatic heterocycles. The van der Waals surface area contributed by atoms with E-state index in [9.17, 15) is 33.8 Å². The summed E-state index contributed by atoms with van der Waals surface area (Å²) in [6.07, 6.45) is -0.0332. The van der Waals surface area contributed by atoms with Crippen LogP contribution in [0.5, 0.6) is 57.5 Å². The third-order valence-electron chi connectivity index (χ3n) is 19.5. The van der Waals surface area contributed by atoms with Gasteiger partial charge < -0.3 is 102 Å². The maximum atomic E-state index is 14.1. The Labute approximate surface area is 820 Å². The Morgan fingerprint density at radius 2 is 0.649 bits per heavy atom. The first-order valence-electron chi connectivity index (χ1n) is 41.6. The van der Waals surface area contributed by atoms with Gasteiger partial charge in [-0.1, -0.05) is 214 Å². The van der Waals surface area contributed by atoms with Crippen molar-refractivity contribution >= 4 is 52.4 Å². The van der Waals surface area contributed by atoms with E-state index < -0.39 is 29.7 Å². The van der Waals surface area contributed by atoms with E-state index in [1.165, 1.54) is 47.7 Å². The van der Waals surface area contributed by atoms with Crippen LogP contribution in [0.3, 0.4) is 0 Å². The summed E-state index contributed by atoms with van der Waals surface area (Å²) in [6.45, 7) is 2.83. The number of carbonyl (C=O) groups is 4. The number of benzene rings is 12. The molecule has 0 aliphatic carbocycles. The van der Waals surface area contributed by atoms with E-state index in [0.29, 0.717) is 130 Å². The molecule has 13 rings (SSSR count). The number of hydrogen-bond donors (Lipinski definition) is 2. The van der Waals surface area contributed by atoms with Crippen LogP contribution in [0.25, 0.3) is 0 Å². The minimum atomic E-state index is -1.21. The monoisotopic (exact) mass is 1840 g/mol. The number of fused-ring (bicyclic) bond motifs is 1. The van der Waals surface area contributed by atoms with Crippen LogP contribution in [-0.4, -0.2) is 138 Å². The Kier molecular flexibility index (Phi) is 45.4. The van der Waals surface area contributed by atoms with Crippen LogP contribution >= 0.6 is 0 Å². The van der Waals surface area contributed by atoms with Crippen LogP contribution in [0.1, 0.15) is 98.4 Å². The number of methoxy groups -OCH3 is 1. The fourth-order valence-electron chi connectivity index (χ4n) is 12.8. The molecular weight excluding hydrogens is 1740 g/mol. The van der Waals surface area contributed by atoms with Crippen molar-refractivity contribution in [3.05, 3.63) is 370 Å². The molecule has 0 radical (unpaired) electrons. The van der Waals surface area contributed by atoms with Crippen LogP contribution in [-0.2, 0) is 82.6 Å². The fourth-order valence-corrected chi connectivity index (χ4v) is 12.8. The van der Waals surface area contributed by atoms with Crippen molar-refractivity contribution in [3.63, 3.8) is 0 Å². The second-order valence-electron chi connectivity index (χ2n) is 28.8. The van der Waals surface area contributed by atoms with E-state index in [2.05, 4.69) is 25.8 Å². The minimum Gasteiger partial charge on any atom is -0.550 e. The van der Waals surface area contributed by atoms with Crippen LogP contribution < -0.4 is 117 Å². The number of halogens is 1. The van der Waals surface area contributed by atoms with E-state index in [-0.39, 0.29) is 130 Å². The number of rotatable bonds is 45. The molecule has 0 amide bonds. The topological polar surface area (TPSA) is 355 Å². The second-order valence-corrected chi connectivity index (χ2v) is 28.8. The van der Waals surface area contributed by atoms with Gasteiger partial charge in [-0.15, -0.1) is 0 Å². The quantitative estimate of drug-likeness (QED) is 0.0203. The standard InChI is InChI=1S/C26H26N2O6.C26H25NO6.C26H27NO6.C25H24FNO5.2Na/c1-31-27-24(16-26(29)30)21-10-14-23(15-11-21)33-17-19-8-12-22(13-9-19)34-18-25(28-32-2)20-6-4-3-5-7-20;1-30-27-24(19-5-3-2-4-6-19)17-32-21-9-7-18(8-10-21)15-31-22-11-12-23-20(13-26(28)29)16-33-25(23)14-22;1-30-25-16-23(14-10-21(25)11-15-26(28)29)32-17-19-8-12-22(13-9-19)33-18-24(27-31-2)20-6-4-3-5-7-20;1-30-27-24(20-5-3-2-4-6-20)17-32-21-11-7-18(8-12-21)16-31-22-13-9-19(23(26)15-22)10-14-25(28)29;;/h3-15H,16-18H2,1-2H3,(H,29,30);2-12,14,20H,13,15-17H2,1H3,(H,28,29);3-10,12-14,16H,11,15,17-18H2,1-2H3,(H,28,29);2-9,11-13,15H,10,14,16-17H2,1H3,(H,28,29);;/q;;;;2*+1/p-2/b27-24-,28-25+;3*27-24+;;. The van der Waals surface area contributed by atoms with Gasteiger partial charge in [0.25, 0.3) is 0 Å². The number of oxime groups is 5. The zero-order valence-corrected chi connectivity index (χ0v) is 79.6. The predicted molar refractivity (Wildman–Crippen MR) is 490 cm³/mol. The van der Waals surface area contributed by atoms with Crippen LogP contribution in [0.4, 0.5) is 4.39 Å². The summed E-state index contributed by atoms with van der Waals surface area (Å²) in [6, 6.07) is 91.3. The number of nitrogens with zero attached hydrogens (tertiary/aromatic N) is 5. The van der Waals surface area contributed by atoms with Crippen LogP contribution in [0, 0.1) is 5.82 Å². The van der Waals surface area contributed by atoms with Gasteiger partial charge in [0.15, 0.2) is 0 Å². The van der Waals surface area contributed by atoms with Crippen molar-refractivity contribution in [2.45, 2.75) is 70.9 Å². The molecule has 0 spiro atoms. The number of carboxylic acids is 4. The van der Waals surface area contributed by atoms with Crippen molar-refractivity contribution in [1.29, 1.82) is 0 Å². The van der Waals surface area contributed by atoms with Gasteiger partial charge in [-0.25, -0.2) is 4.39 Å². The van der Waals surface area contributed by atoms with Crippen molar-refractivity contribution < 1.29 is 175 Å². The number of carboxylic acid groups (broad SMARTS) is 4. The molecule has 1 unspecified atom stereocenters. The van der Waals surface area contributed by atoms with Gasteiger partial charge in [-0.2, -0.15) is 0 Å². The second kappa shape index (κ2) is 57.9. The Morgan fingerprint density at radius 3 is 0.985 bits per heavy atom. The first kappa shape index (κ1) is 105. The summed E-state index contributed by atoms with van der Waals surface area (Å²) in [4.78, 5) is 67.7. The molecule has 31 heteroatoms. The number of ether oxygens (including phenoxy) is 10. The first-order valence-corrected chi connectivity index (χ1v) is 41.6. The van der Waals surface area contributed by atoms with Crippen molar-refractivity contribution in [2.75, 3.05) is 75.7 Å². The van der Waals surface area contributed by atoms with E-state index in [0.717, 1.165) is 55.6 Å². The molecule has 0 saturated carbocycles. The summed E-state index contributed by atoms with van der Waals surface area (Å²) >= 11 is 0. The summed E-state index contributed by atoms with van der Waals surface area (Å²) < 4.78 is 71.7. The molecule has 1 heterocycles. The fraction of sp³-hybridized carbons (Fsp3) is 0.214. The zero-order chi connectivity index (χ0) is 93.4. The molecule has 2 N–H and O–H groups in total. The normalized spacial score (nSPS) is 12.0. The van der Waals surface area contributed by atoms with Crippen molar-refractivity contribution in [2.24, 2.45) is 25.8 Å². The molecule has 134 heavy (non-hydrogen) atoms. The van der Waals surface area contributed by atoms with Crippen LogP contribution in [0.2, 0.25) is 0 Å². The molecule has 0 fully saturated rings. The molecule has 1 atom stereocenters. The maximum Gasteiger partial charge on any atom is 1.00 e. The van der Waals surface area contributed by atoms with E-state index in [1.54, 1.807) is 55.6 Å². The first-order chi connectivity index (χ1) is 64.3. The molecule has 28 nitrogen and oxygen atoms in total. The Morgan fingerprint density at radius 1 is 0.351 bits per heavy atom. The van der Waals surface area contributed by atoms with Gasteiger partial charge in [0.2, 0.25) is 0 Å². The number of hydrogen-bond acceptors (Lipinski definition) is 26. The smallest absolute Gasteiger partial charge is 0.550 e. The van der Waals surface area contributed by atoms with Gasteiger partial charge in [-0.3, -0.25) is 9.59 Å². The SMILES string of the molecule is CO/N=C(\COc1ccc(COc2ccc(/C(CC(=O)O)=N\OC)cc2)cc1)c1ccccc1.CO/N=C(\COc1ccc(COc2ccc(CCC(=O)[O-])c(F)c2)cc1)c1ccccc1.CO/N=C(\COc1ccc(COc2ccc(CCC(=O)[O-])c(OC)c2)cc1)c1ccccc1.CO/N=C(\COc1ccc(COc2ccc3c(c2)OCC3CC(=O)O)cc1)c1ccccc1.[Na+].[Na+]. The van der Waals surface area contributed by atoms with Gasteiger partial charge >= 0.3 is 71.1 Å². The minimum absolute atomic E-state index is 0. The number of aliphatic carboxylic acids is 4. The molecular formula is C103H100FN5Na2O23. The van der Waals surface area contributed by atoms with E-state index in [1.807, 2.05) is 237 Å². The van der Waals surface area contributed by atoms with Gasteiger partial charge in [0.1, 0.15) is 175 Å². The Bertz CT molecular complexity index is 5660. The Hall–Kier alpha value is -14.2. The number of aryl methyl sites for hydroxylation is 2. The molecule has 0 aromatic heterocycles. The summed E-state index contributed by atoms with van der Waals surface area (Å²) in [5.74, 6) is 1.67. The van der Waals surface area contributed by atoms with Gasteiger partial charge in [-0.05, 0) is 150 Å². The van der Waals surface area contributed by atoms with Gasteiger partial charge in [0.05, 0.1) is 32.3 Å². The molecule has 0 saturated heterocycles. The predicted octanol–water partition coefficient (Wildman–Crippen LogP) is 10.1. The molecule has 12 aromatic rings. The third kappa shape index (κ3) is 36.2. The molecule has 684 valence electrons. The molecule has 0 bridgehead atoms. The summed E-state index contributed by atoms with van der Waals surface area (Å²) in [7, 11) is 8.94. The average molecular weight is 1840 g/mol. The number of carbonyl (C=O) groups excluding carboxylic acids is 2. The summed E-state index contributed by atoms with van der Waals surface area (Å²) in [5, 5.41) is 59.3.